The third-order valence-corrected chi connectivity index (χ3v) is 5.46. The maximum Gasteiger partial charge on any atom is 0.136 e. The summed E-state index contributed by atoms with van der Waals surface area (Å²) >= 11 is 0. The van der Waals surface area contributed by atoms with Gasteiger partial charge in [-0.2, -0.15) is 0 Å². The van der Waals surface area contributed by atoms with Crippen molar-refractivity contribution in [2.24, 2.45) is 35.5 Å². The molecule has 0 aromatic rings. The van der Waals surface area contributed by atoms with Crippen LogP contribution < -0.4 is 0 Å². The van der Waals surface area contributed by atoms with Gasteiger partial charge in [-0.25, -0.2) is 0 Å². The zero-order valence-electron chi connectivity index (χ0n) is 15.3. The largest absolute Gasteiger partial charge is 0.299 e. The minimum absolute atomic E-state index is 0.348. The monoisotopic (exact) mass is 294 g/mol. The molecule has 0 aliphatic heterocycles. The number of rotatable bonds is 8. The van der Waals surface area contributed by atoms with Crippen molar-refractivity contribution in [3.8, 4) is 0 Å². The van der Waals surface area contributed by atoms with E-state index in [0.717, 1.165) is 24.7 Å². The Labute approximate surface area is 133 Å². The molecule has 0 N–H and O–H groups in total. The number of carbonyl (C=O) groups excluding carboxylic acids is 1. The first-order chi connectivity index (χ1) is 9.81. The highest BCUT2D eigenvalue weighted by molar-refractivity contribution is 5.81. The molecule has 1 nitrogen and oxygen atoms in total. The van der Waals surface area contributed by atoms with Gasteiger partial charge in [0.2, 0.25) is 0 Å². The highest BCUT2D eigenvalue weighted by Gasteiger charge is 2.35. The molecule has 1 fully saturated rings. The van der Waals surface area contributed by atoms with Gasteiger partial charge in [0.25, 0.3) is 0 Å². The predicted octanol–water partition coefficient (Wildman–Crippen LogP) is 6.12. The molecule has 21 heavy (non-hydrogen) atoms. The van der Waals surface area contributed by atoms with Crippen LogP contribution in [0.1, 0.15) is 86.5 Å². The summed E-state index contributed by atoms with van der Waals surface area (Å²) in [4.78, 5) is 12.8. The van der Waals surface area contributed by atoms with Gasteiger partial charge in [0, 0.05) is 12.3 Å². The SMILES string of the molecule is CC(C)CCCC(C)CC(=O)C1CC(C)CCC1C(C)C. The average Bonchev–Trinajstić information content (AvgIpc) is 2.37. The molecule has 0 aromatic carbocycles. The fraction of sp³-hybridized carbons (Fsp3) is 0.950. The molecule has 1 heteroatoms. The van der Waals surface area contributed by atoms with Crippen molar-refractivity contribution in [2.75, 3.05) is 0 Å². The van der Waals surface area contributed by atoms with Crippen molar-refractivity contribution in [2.45, 2.75) is 86.5 Å². The van der Waals surface area contributed by atoms with Crippen molar-refractivity contribution in [3.05, 3.63) is 0 Å². The second-order valence-electron chi connectivity index (χ2n) is 8.53. The molecule has 124 valence electrons. The summed E-state index contributed by atoms with van der Waals surface area (Å²) in [5.74, 6) is 4.31. The van der Waals surface area contributed by atoms with Gasteiger partial charge < -0.3 is 0 Å². The first-order valence-electron chi connectivity index (χ1n) is 9.33. The lowest BCUT2D eigenvalue weighted by Crippen LogP contribution is -2.34. The van der Waals surface area contributed by atoms with E-state index < -0.39 is 0 Å². The second-order valence-corrected chi connectivity index (χ2v) is 8.53. The smallest absolute Gasteiger partial charge is 0.136 e. The van der Waals surface area contributed by atoms with Crippen LogP contribution in [0.2, 0.25) is 0 Å². The summed E-state index contributed by atoms with van der Waals surface area (Å²) in [5.41, 5.74) is 0. The summed E-state index contributed by atoms with van der Waals surface area (Å²) in [6.45, 7) is 13.8. The van der Waals surface area contributed by atoms with Gasteiger partial charge in [-0.15, -0.1) is 0 Å². The van der Waals surface area contributed by atoms with Crippen molar-refractivity contribution < 1.29 is 4.79 Å². The number of hydrogen-bond acceptors (Lipinski definition) is 1. The lowest BCUT2D eigenvalue weighted by atomic mass is 9.67. The molecule has 0 radical (unpaired) electrons. The third-order valence-electron chi connectivity index (χ3n) is 5.46. The molecule has 0 bridgehead atoms. The zero-order valence-corrected chi connectivity index (χ0v) is 15.3. The molecule has 0 amide bonds. The molecular weight excluding hydrogens is 256 g/mol. The van der Waals surface area contributed by atoms with Crippen LogP contribution in [0.15, 0.2) is 0 Å². The summed E-state index contributed by atoms with van der Waals surface area (Å²) in [5, 5.41) is 0. The molecule has 4 unspecified atom stereocenters. The normalized spacial score (nSPS) is 28.1. The van der Waals surface area contributed by atoms with Crippen LogP contribution >= 0.6 is 0 Å². The van der Waals surface area contributed by atoms with Gasteiger partial charge in [-0.05, 0) is 42.4 Å². The molecule has 0 saturated heterocycles. The Morgan fingerprint density at radius 2 is 1.71 bits per heavy atom. The van der Waals surface area contributed by atoms with Gasteiger partial charge in [0.15, 0.2) is 0 Å². The second kappa shape index (κ2) is 8.96. The van der Waals surface area contributed by atoms with Crippen LogP contribution in [0, 0.1) is 35.5 Å². The lowest BCUT2D eigenvalue weighted by Gasteiger charge is -2.37. The van der Waals surface area contributed by atoms with E-state index in [9.17, 15) is 4.79 Å². The van der Waals surface area contributed by atoms with E-state index in [1.165, 1.54) is 32.1 Å². The maximum atomic E-state index is 12.8. The van der Waals surface area contributed by atoms with E-state index in [0.29, 0.717) is 29.5 Å². The van der Waals surface area contributed by atoms with E-state index >= 15 is 0 Å². The number of Topliss-reactive ketones (excluding diaryl/α,β-unsaturated/α-hetero) is 1. The Bertz CT molecular complexity index is 305. The third kappa shape index (κ3) is 6.53. The lowest BCUT2D eigenvalue weighted by molar-refractivity contribution is -0.128. The van der Waals surface area contributed by atoms with Crippen molar-refractivity contribution in [1.29, 1.82) is 0 Å². The minimum atomic E-state index is 0.348. The molecule has 1 saturated carbocycles. The Morgan fingerprint density at radius 1 is 1.05 bits per heavy atom. The maximum absolute atomic E-state index is 12.8. The standard InChI is InChI=1S/C20H38O/c1-14(2)8-7-9-16(5)13-20(21)19-12-17(6)10-11-18(19)15(3)4/h14-19H,7-13H2,1-6H3. The van der Waals surface area contributed by atoms with E-state index in [4.69, 9.17) is 0 Å². The fourth-order valence-electron chi connectivity index (χ4n) is 4.04. The quantitative estimate of drug-likeness (QED) is 0.527. The first kappa shape index (κ1) is 18.7. The fourth-order valence-corrected chi connectivity index (χ4v) is 4.04. The van der Waals surface area contributed by atoms with E-state index in [-0.39, 0.29) is 0 Å². The van der Waals surface area contributed by atoms with Gasteiger partial charge in [0.1, 0.15) is 5.78 Å². The Morgan fingerprint density at radius 3 is 2.29 bits per heavy atom. The van der Waals surface area contributed by atoms with E-state index in [1.54, 1.807) is 0 Å². The van der Waals surface area contributed by atoms with Crippen LogP contribution in [0.3, 0.4) is 0 Å². The number of carbonyl (C=O) groups is 1. The summed E-state index contributed by atoms with van der Waals surface area (Å²) in [7, 11) is 0. The van der Waals surface area contributed by atoms with Crippen LogP contribution in [0.4, 0.5) is 0 Å². The van der Waals surface area contributed by atoms with Crippen LogP contribution in [-0.2, 0) is 4.79 Å². The van der Waals surface area contributed by atoms with Crippen molar-refractivity contribution in [3.63, 3.8) is 0 Å². The van der Waals surface area contributed by atoms with Gasteiger partial charge >= 0.3 is 0 Å². The highest BCUT2D eigenvalue weighted by Crippen LogP contribution is 2.39. The Kier molecular flexibility index (Phi) is 7.98. The zero-order chi connectivity index (χ0) is 16.0. The Hall–Kier alpha value is -0.330. The topological polar surface area (TPSA) is 17.1 Å². The van der Waals surface area contributed by atoms with Crippen LogP contribution in [0.5, 0.6) is 0 Å². The number of hydrogen-bond donors (Lipinski definition) is 0. The van der Waals surface area contributed by atoms with Gasteiger partial charge in [-0.1, -0.05) is 67.2 Å². The summed E-state index contributed by atoms with van der Waals surface area (Å²) in [6, 6.07) is 0. The molecule has 1 aliphatic rings. The Balaban J connectivity index is 2.47. The predicted molar refractivity (Wildman–Crippen MR) is 92.3 cm³/mol. The number of ketones is 1. The average molecular weight is 295 g/mol. The summed E-state index contributed by atoms with van der Waals surface area (Å²) < 4.78 is 0. The highest BCUT2D eigenvalue weighted by atomic mass is 16.1. The molecular formula is C20H38O. The van der Waals surface area contributed by atoms with Gasteiger partial charge in [0.05, 0.1) is 0 Å². The molecule has 0 aromatic heterocycles. The molecule has 1 aliphatic carbocycles. The molecule has 4 atom stereocenters. The minimum Gasteiger partial charge on any atom is -0.299 e. The molecule has 1 rings (SSSR count). The van der Waals surface area contributed by atoms with Crippen molar-refractivity contribution >= 4 is 5.78 Å². The first-order valence-corrected chi connectivity index (χ1v) is 9.33. The van der Waals surface area contributed by atoms with E-state index in [1.807, 2.05) is 0 Å². The van der Waals surface area contributed by atoms with Crippen LogP contribution in [-0.4, -0.2) is 5.78 Å². The molecule has 0 spiro atoms. The van der Waals surface area contributed by atoms with E-state index in [2.05, 4.69) is 41.5 Å². The van der Waals surface area contributed by atoms with Crippen LogP contribution in [0.25, 0.3) is 0 Å². The molecule has 0 heterocycles. The summed E-state index contributed by atoms with van der Waals surface area (Å²) in [6.07, 6.45) is 8.33. The van der Waals surface area contributed by atoms with Gasteiger partial charge in [-0.3, -0.25) is 4.79 Å². The van der Waals surface area contributed by atoms with Crippen molar-refractivity contribution in [1.82, 2.24) is 0 Å².